The van der Waals surface area contributed by atoms with Gasteiger partial charge in [-0.15, -0.1) is 0 Å². The lowest BCUT2D eigenvalue weighted by molar-refractivity contribution is 0.767. The maximum absolute atomic E-state index is 6.03. The lowest BCUT2D eigenvalue weighted by atomic mass is 10.3. The van der Waals surface area contributed by atoms with E-state index in [9.17, 15) is 0 Å². The fourth-order valence-corrected chi connectivity index (χ4v) is 1.87. The summed E-state index contributed by atoms with van der Waals surface area (Å²) in [6.45, 7) is 0.690. The normalized spacial score (nSPS) is 10.4. The summed E-state index contributed by atoms with van der Waals surface area (Å²) in [5, 5.41) is 8.57. The number of aromatic nitrogens is 2. The summed E-state index contributed by atoms with van der Waals surface area (Å²) < 4.78 is 1.76. The van der Waals surface area contributed by atoms with Crippen molar-refractivity contribution in [2.24, 2.45) is 7.05 Å². The molecule has 1 aromatic carbocycles. The quantitative estimate of drug-likeness (QED) is 0.912. The highest BCUT2D eigenvalue weighted by Crippen LogP contribution is 2.25. The third-order valence-corrected chi connectivity index (χ3v) is 2.72. The Morgan fingerprint density at radius 3 is 2.81 bits per heavy atom. The first-order chi connectivity index (χ1) is 7.65. The first-order valence-electron chi connectivity index (χ1n) is 4.81. The van der Waals surface area contributed by atoms with Gasteiger partial charge in [0.25, 0.3) is 0 Å². The van der Waals surface area contributed by atoms with E-state index in [1.54, 1.807) is 16.8 Å². The molecule has 2 rings (SSSR count). The van der Waals surface area contributed by atoms with Crippen LogP contribution in [0.2, 0.25) is 10.0 Å². The second kappa shape index (κ2) is 4.76. The van der Waals surface area contributed by atoms with Gasteiger partial charge in [0.15, 0.2) is 0 Å². The van der Waals surface area contributed by atoms with Crippen LogP contribution in [0, 0.1) is 0 Å². The highest BCUT2D eigenvalue weighted by Gasteiger charge is 2.01. The monoisotopic (exact) mass is 255 g/mol. The van der Waals surface area contributed by atoms with Gasteiger partial charge in [0, 0.05) is 30.4 Å². The minimum absolute atomic E-state index is 0.622. The molecule has 3 nitrogen and oxygen atoms in total. The molecule has 0 radical (unpaired) electrons. The van der Waals surface area contributed by atoms with Crippen molar-refractivity contribution in [1.29, 1.82) is 0 Å². The number of benzene rings is 1. The molecule has 0 saturated carbocycles. The van der Waals surface area contributed by atoms with E-state index in [4.69, 9.17) is 23.2 Å². The lowest BCUT2D eigenvalue weighted by Crippen LogP contribution is -1.98. The first-order valence-corrected chi connectivity index (χ1v) is 5.57. The van der Waals surface area contributed by atoms with Crippen molar-refractivity contribution >= 4 is 28.9 Å². The number of hydrogen-bond donors (Lipinski definition) is 1. The standard InChI is InChI=1S/C11H11Cl2N3/c1-16-7-8(6-15-16)5-14-11-3-2-9(12)4-10(11)13/h2-4,6-7,14H,5H2,1H3. The molecule has 0 bridgehead atoms. The summed E-state index contributed by atoms with van der Waals surface area (Å²) >= 11 is 11.8. The van der Waals surface area contributed by atoms with Gasteiger partial charge in [0.1, 0.15) is 0 Å². The molecular formula is C11H11Cl2N3. The van der Waals surface area contributed by atoms with Gasteiger partial charge in [0.2, 0.25) is 0 Å². The van der Waals surface area contributed by atoms with Crippen LogP contribution in [0.25, 0.3) is 0 Å². The number of aryl methyl sites for hydroxylation is 1. The second-order valence-electron chi connectivity index (χ2n) is 3.50. The molecule has 0 unspecified atom stereocenters. The third-order valence-electron chi connectivity index (χ3n) is 2.17. The summed E-state index contributed by atoms with van der Waals surface area (Å²) in [5.74, 6) is 0. The number of nitrogens with zero attached hydrogens (tertiary/aromatic N) is 2. The Labute approximate surface area is 104 Å². The second-order valence-corrected chi connectivity index (χ2v) is 4.34. The Balaban J connectivity index is 2.04. The van der Waals surface area contributed by atoms with E-state index in [0.717, 1.165) is 11.3 Å². The van der Waals surface area contributed by atoms with Crippen LogP contribution in [0.5, 0.6) is 0 Å². The smallest absolute Gasteiger partial charge is 0.0652 e. The molecule has 1 aromatic heterocycles. The molecule has 0 aliphatic rings. The molecule has 0 atom stereocenters. The largest absolute Gasteiger partial charge is 0.380 e. The van der Waals surface area contributed by atoms with Gasteiger partial charge in [0.05, 0.1) is 16.9 Å². The fourth-order valence-electron chi connectivity index (χ4n) is 1.39. The minimum Gasteiger partial charge on any atom is -0.380 e. The summed E-state index contributed by atoms with van der Waals surface area (Å²) in [7, 11) is 1.89. The minimum atomic E-state index is 0.622. The summed E-state index contributed by atoms with van der Waals surface area (Å²) in [4.78, 5) is 0. The molecular weight excluding hydrogens is 245 g/mol. The van der Waals surface area contributed by atoms with E-state index < -0.39 is 0 Å². The molecule has 84 valence electrons. The Kier molecular flexibility index (Phi) is 3.36. The lowest BCUT2D eigenvalue weighted by Gasteiger charge is -2.06. The van der Waals surface area contributed by atoms with Crippen molar-refractivity contribution in [3.63, 3.8) is 0 Å². The molecule has 0 saturated heterocycles. The van der Waals surface area contributed by atoms with Crippen molar-refractivity contribution < 1.29 is 0 Å². The maximum atomic E-state index is 6.03. The van der Waals surface area contributed by atoms with Gasteiger partial charge in [-0.25, -0.2) is 0 Å². The van der Waals surface area contributed by atoms with E-state index in [-0.39, 0.29) is 0 Å². The average molecular weight is 256 g/mol. The van der Waals surface area contributed by atoms with E-state index in [1.807, 2.05) is 25.5 Å². The zero-order valence-corrected chi connectivity index (χ0v) is 10.3. The van der Waals surface area contributed by atoms with E-state index in [0.29, 0.717) is 16.6 Å². The molecule has 0 spiro atoms. The van der Waals surface area contributed by atoms with Crippen molar-refractivity contribution in [2.75, 3.05) is 5.32 Å². The number of hydrogen-bond acceptors (Lipinski definition) is 2. The van der Waals surface area contributed by atoms with Crippen molar-refractivity contribution in [2.45, 2.75) is 6.54 Å². The predicted molar refractivity (Wildman–Crippen MR) is 67.0 cm³/mol. The molecule has 16 heavy (non-hydrogen) atoms. The van der Waals surface area contributed by atoms with E-state index in [1.165, 1.54) is 0 Å². The molecule has 1 heterocycles. The van der Waals surface area contributed by atoms with Crippen LogP contribution in [0.1, 0.15) is 5.56 Å². The fraction of sp³-hybridized carbons (Fsp3) is 0.182. The van der Waals surface area contributed by atoms with Gasteiger partial charge in [-0.3, -0.25) is 4.68 Å². The van der Waals surface area contributed by atoms with Crippen LogP contribution in [-0.2, 0) is 13.6 Å². The molecule has 0 aliphatic heterocycles. The summed E-state index contributed by atoms with van der Waals surface area (Å²) in [6, 6.07) is 5.38. The van der Waals surface area contributed by atoms with Gasteiger partial charge < -0.3 is 5.32 Å². The molecule has 5 heteroatoms. The average Bonchev–Trinajstić information content (AvgIpc) is 2.63. The number of anilines is 1. The van der Waals surface area contributed by atoms with Gasteiger partial charge in [-0.1, -0.05) is 23.2 Å². The predicted octanol–water partition coefficient (Wildman–Crippen LogP) is 3.34. The zero-order chi connectivity index (χ0) is 11.5. The van der Waals surface area contributed by atoms with Crippen molar-refractivity contribution in [3.05, 3.63) is 46.2 Å². The van der Waals surface area contributed by atoms with Gasteiger partial charge >= 0.3 is 0 Å². The number of rotatable bonds is 3. The third kappa shape index (κ3) is 2.68. The van der Waals surface area contributed by atoms with Crippen molar-refractivity contribution in [1.82, 2.24) is 9.78 Å². The molecule has 2 aromatic rings. The highest BCUT2D eigenvalue weighted by molar-refractivity contribution is 6.36. The Morgan fingerprint density at radius 1 is 1.38 bits per heavy atom. The van der Waals surface area contributed by atoms with Crippen LogP contribution in [0.15, 0.2) is 30.6 Å². The first kappa shape index (κ1) is 11.3. The van der Waals surface area contributed by atoms with Gasteiger partial charge in [-0.2, -0.15) is 5.10 Å². The summed E-state index contributed by atoms with van der Waals surface area (Å²) in [6.07, 6.45) is 3.77. The van der Waals surface area contributed by atoms with Crippen LogP contribution >= 0.6 is 23.2 Å². The summed E-state index contributed by atoms with van der Waals surface area (Å²) in [5.41, 5.74) is 1.98. The van der Waals surface area contributed by atoms with Crippen LogP contribution in [0.4, 0.5) is 5.69 Å². The molecule has 0 fully saturated rings. The number of halogens is 2. The van der Waals surface area contributed by atoms with Crippen LogP contribution < -0.4 is 5.32 Å². The Bertz CT molecular complexity index is 494. The van der Waals surface area contributed by atoms with E-state index in [2.05, 4.69) is 10.4 Å². The van der Waals surface area contributed by atoms with Gasteiger partial charge in [-0.05, 0) is 18.2 Å². The van der Waals surface area contributed by atoms with Crippen molar-refractivity contribution in [3.8, 4) is 0 Å². The molecule has 0 aliphatic carbocycles. The number of nitrogens with one attached hydrogen (secondary N) is 1. The molecule has 0 amide bonds. The highest BCUT2D eigenvalue weighted by atomic mass is 35.5. The molecule has 1 N–H and O–H groups in total. The van der Waals surface area contributed by atoms with E-state index >= 15 is 0 Å². The topological polar surface area (TPSA) is 29.9 Å². The SMILES string of the molecule is Cn1cc(CNc2ccc(Cl)cc2Cl)cn1. The van der Waals surface area contributed by atoms with Crippen LogP contribution in [0.3, 0.4) is 0 Å². The maximum Gasteiger partial charge on any atom is 0.0652 e. The van der Waals surface area contributed by atoms with Crippen LogP contribution in [-0.4, -0.2) is 9.78 Å². The Morgan fingerprint density at radius 2 is 2.19 bits per heavy atom. The zero-order valence-electron chi connectivity index (χ0n) is 8.74. The Hall–Kier alpha value is -1.19.